The van der Waals surface area contributed by atoms with E-state index in [1.165, 1.54) is 21.6 Å². The Hall–Kier alpha value is -2.84. The molecule has 0 saturated heterocycles. The second kappa shape index (κ2) is 5.91. The Balaban J connectivity index is 1.64. The molecular formula is C16H16F2N6O. The van der Waals surface area contributed by atoms with Gasteiger partial charge in [-0.15, -0.1) is 0 Å². The molecule has 3 heterocycles. The zero-order valence-corrected chi connectivity index (χ0v) is 13.5. The molecule has 9 heteroatoms. The van der Waals surface area contributed by atoms with Gasteiger partial charge in [0.25, 0.3) is 12.3 Å². The van der Waals surface area contributed by atoms with E-state index in [9.17, 15) is 13.6 Å². The lowest BCUT2D eigenvalue weighted by atomic mass is 9.93. The van der Waals surface area contributed by atoms with Crippen molar-refractivity contribution >= 4 is 17.2 Å². The molecule has 1 amide bonds. The molecule has 130 valence electrons. The average Bonchev–Trinajstić information content (AvgIpc) is 3.09. The first-order valence-corrected chi connectivity index (χ1v) is 8.01. The molecule has 0 bridgehead atoms. The lowest BCUT2D eigenvalue weighted by molar-refractivity contribution is 0.102. The Morgan fingerprint density at radius 2 is 2.12 bits per heavy atom. The number of rotatable bonds is 4. The summed E-state index contributed by atoms with van der Waals surface area (Å²) in [4.78, 5) is 16.7. The molecule has 0 aliphatic heterocycles. The Kier molecular flexibility index (Phi) is 3.70. The van der Waals surface area contributed by atoms with Crippen LogP contribution in [-0.4, -0.2) is 30.3 Å². The molecule has 0 aromatic carbocycles. The quantitative estimate of drug-likeness (QED) is 0.787. The van der Waals surface area contributed by atoms with Crippen molar-refractivity contribution in [2.75, 3.05) is 5.32 Å². The van der Waals surface area contributed by atoms with Crippen molar-refractivity contribution in [2.45, 2.75) is 38.7 Å². The lowest BCUT2D eigenvalue weighted by Crippen LogP contribution is -2.17. The summed E-state index contributed by atoms with van der Waals surface area (Å²) in [5, 5.41) is 10.6. The van der Waals surface area contributed by atoms with Crippen molar-refractivity contribution in [3.8, 4) is 0 Å². The fourth-order valence-electron chi connectivity index (χ4n) is 2.82. The standard InChI is InChI=1S/C16H16F2N6O/c1-9-5-19-15-11(6-20-24(15)7-9)16(25)21-12-8-23(10-3-2-4-10)22-13(12)14(17)18/h5-8,10,14H,2-4H2,1H3,(H,21,25). The van der Waals surface area contributed by atoms with Crippen LogP contribution in [0.3, 0.4) is 0 Å². The molecule has 25 heavy (non-hydrogen) atoms. The number of fused-ring (bicyclic) bond motifs is 1. The number of anilines is 1. The zero-order valence-electron chi connectivity index (χ0n) is 13.5. The number of halogens is 2. The minimum absolute atomic E-state index is 0.0263. The monoisotopic (exact) mass is 346 g/mol. The highest BCUT2D eigenvalue weighted by Gasteiger charge is 2.26. The van der Waals surface area contributed by atoms with Crippen LogP contribution in [0.4, 0.5) is 14.5 Å². The van der Waals surface area contributed by atoms with Crippen molar-refractivity contribution in [1.29, 1.82) is 0 Å². The van der Waals surface area contributed by atoms with Gasteiger partial charge in [0.15, 0.2) is 11.3 Å². The van der Waals surface area contributed by atoms with Gasteiger partial charge in [0.05, 0.1) is 17.9 Å². The third-order valence-corrected chi connectivity index (χ3v) is 4.39. The van der Waals surface area contributed by atoms with E-state index in [4.69, 9.17) is 0 Å². The Labute approximate surface area is 141 Å². The number of carbonyl (C=O) groups is 1. The average molecular weight is 346 g/mol. The zero-order chi connectivity index (χ0) is 17.6. The molecule has 0 unspecified atom stereocenters. The predicted molar refractivity (Wildman–Crippen MR) is 85.7 cm³/mol. The summed E-state index contributed by atoms with van der Waals surface area (Å²) in [6.07, 6.45) is 6.32. The first kappa shape index (κ1) is 15.7. The second-order valence-corrected chi connectivity index (χ2v) is 6.21. The molecular weight excluding hydrogens is 330 g/mol. The summed E-state index contributed by atoms with van der Waals surface area (Å²) < 4.78 is 29.5. The Morgan fingerprint density at radius 3 is 2.80 bits per heavy atom. The normalized spacial score (nSPS) is 14.9. The number of aryl methyl sites for hydroxylation is 1. The largest absolute Gasteiger partial charge is 0.319 e. The Morgan fingerprint density at radius 1 is 1.32 bits per heavy atom. The molecule has 0 atom stereocenters. The van der Waals surface area contributed by atoms with Crippen LogP contribution in [0.5, 0.6) is 0 Å². The molecule has 0 spiro atoms. The van der Waals surface area contributed by atoms with Gasteiger partial charge in [-0.05, 0) is 31.7 Å². The highest BCUT2D eigenvalue weighted by Crippen LogP contribution is 2.34. The molecule has 1 aliphatic rings. The molecule has 1 aliphatic carbocycles. The van der Waals surface area contributed by atoms with Crippen LogP contribution in [-0.2, 0) is 0 Å². The smallest absolute Gasteiger partial charge is 0.284 e. The van der Waals surface area contributed by atoms with Crippen LogP contribution in [0.1, 0.15) is 53.3 Å². The van der Waals surface area contributed by atoms with E-state index in [1.54, 1.807) is 12.4 Å². The van der Waals surface area contributed by atoms with E-state index in [2.05, 4.69) is 20.5 Å². The van der Waals surface area contributed by atoms with E-state index < -0.39 is 18.0 Å². The summed E-state index contributed by atoms with van der Waals surface area (Å²) in [7, 11) is 0. The maximum absolute atomic E-state index is 13.3. The van der Waals surface area contributed by atoms with Crippen LogP contribution < -0.4 is 5.32 Å². The highest BCUT2D eigenvalue weighted by atomic mass is 19.3. The summed E-state index contributed by atoms with van der Waals surface area (Å²) in [5.41, 5.74) is 1.09. The summed E-state index contributed by atoms with van der Waals surface area (Å²) in [6, 6.07) is 0.129. The molecule has 4 rings (SSSR count). The highest BCUT2D eigenvalue weighted by molar-refractivity contribution is 6.08. The lowest BCUT2D eigenvalue weighted by Gasteiger charge is -2.25. The number of carbonyl (C=O) groups excluding carboxylic acids is 1. The van der Waals surface area contributed by atoms with Crippen LogP contribution in [0.2, 0.25) is 0 Å². The number of alkyl halides is 2. The van der Waals surface area contributed by atoms with Gasteiger partial charge in [-0.1, -0.05) is 0 Å². The van der Waals surface area contributed by atoms with Crippen LogP contribution >= 0.6 is 0 Å². The molecule has 1 saturated carbocycles. The Bertz CT molecular complexity index is 943. The molecule has 1 N–H and O–H groups in total. The van der Waals surface area contributed by atoms with E-state index >= 15 is 0 Å². The van der Waals surface area contributed by atoms with Crippen molar-refractivity contribution in [3.63, 3.8) is 0 Å². The van der Waals surface area contributed by atoms with Gasteiger partial charge in [0.1, 0.15) is 5.56 Å². The second-order valence-electron chi connectivity index (χ2n) is 6.21. The van der Waals surface area contributed by atoms with E-state index in [0.717, 1.165) is 24.8 Å². The van der Waals surface area contributed by atoms with Gasteiger partial charge in [-0.2, -0.15) is 10.2 Å². The number of nitrogens with one attached hydrogen (secondary N) is 1. The van der Waals surface area contributed by atoms with Crippen molar-refractivity contribution in [1.82, 2.24) is 24.4 Å². The minimum atomic E-state index is -2.76. The van der Waals surface area contributed by atoms with Crippen molar-refractivity contribution in [3.05, 3.63) is 41.6 Å². The van der Waals surface area contributed by atoms with Crippen LogP contribution in [0, 0.1) is 6.92 Å². The molecule has 1 fully saturated rings. The van der Waals surface area contributed by atoms with Crippen molar-refractivity contribution in [2.24, 2.45) is 0 Å². The topological polar surface area (TPSA) is 77.1 Å². The molecule has 0 radical (unpaired) electrons. The van der Waals surface area contributed by atoms with Gasteiger partial charge in [0.2, 0.25) is 0 Å². The SMILES string of the molecule is Cc1cnc2c(C(=O)Nc3cn(C4CCC4)nc3C(F)F)cnn2c1. The first-order chi connectivity index (χ1) is 12.0. The number of hydrogen-bond donors (Lipinski definition) is 1. The van der Waals surface area contributed by atoms with E-state index in [0.29, 0.717) is 5.65 Å². The third-order valence-electron chi connectivity index (χ3n) is 4.39. The predicted octanol–water partition coefficient (Wildman–Crippen LogP) is 3.15. The van der Waals surface area contributed by atoms with E-state index in [-0.39, 0.29) is 17.3 Å². The van der Waals surface area contributed by atoms with Gasteiger partial charge in [0, 0.05) is 18.6 Å². The number of hydrogen-bond acceptors (Lipinski definition) is 4. The van der Waals surface area contributed by atoms with Gasteiger partial charge in [-0.25, -0.2) is 18.3 Å². The molecule has 3 aromatic heterocycles. The molecule has 3 aromatic rings. The number of amides is 1. The summed E-state index contributed by atoms with van der Waals surface area (Å²) in [5.74, 6) is -0.540. The van der Waals surface area contributed by atoms with E-state index in [1.807, 2.05) is 6.92 Å². The maximum atomic E-state index is 13.3. The van der Waals surface area contributed by atoms with Crippen molar-refractivity contribution < 1.29 is 13.6 Å². The fraction of sp³-hybridized carbons (Fsp3) is 0.375. The summed E-state index contributed by atoms with van der Waals surface area (Å²) >= 11 is 0. The van der Waals surface area contributed by atoms with Gasteiger partial charge >= 0.3 is 0 Å². The van der Waals surface area contributed by atoms with Crippen LogP contribution in [0.15, 0.2) is 24.8 Å². The van der Waals surface area contributed by atoms with Gasteiger partial charge in [-0.3, -0.25) is 9.48 Å². The van der Waals surface area contributed by atoms with Gasteiger partial charge < -0.3 is 5.32 Å². The third kappa shape index (κ3) is 2.75. The molecule has 7 nitrogen and oxygen atoms in total. The van der Waals surface area contributed by atoms with Crippen LogP contribution in [0.25, 0.3) is 5.65 Å². The maximum Gasteiger partial charge on any atom is 0.284 e. The number of aromatic nitrogens is 5. The fourth-order valence-corrected chi connectivity index (χ4v) is 2.82. The number of nitrogens with zero attached hydrogens (tertiary/aromatic N) is 5. The minimum Gasteiger partial charge on any atom is -0.319 e. The summed E-state index contributed by atoms with van der Waals surface area (Å²) in [6.45, 7) is 1.86. The first-order valence-electron chi connectivity index (χ1n) is 8.01.